The van der Waals surface area contributed by atoms with Crippen LogP contribution in [0.3, 0.4) is 0 Å². The first-order valence-corrected chi connectivity index (χ1v) is 6.43. The number of amides is 1. The fourth-order valence-electron chi connectivity index (χ4n) is 2.06. The van der Waals surface area contributed by atoms with E-state index in [0.717, 1.165) is 25.9 Å². The molecule has 0 spiro atoms. The summed E-state index contributed by atoms with van der Waals surface area (Å²) in [5.74, 6) is 0.692. The molecule has 1 aromatic rings. The number of rotatable bonds is 3. The normalized spacial score (nSPS) is 18.3. The van der Waals surface area contributed by atoms with E-state index >= 15 is 0 Å². The number of ether oxygens (including phenoxy) is 1. The molecular weight excluding hydrogens is 287 g/mol. The molecule has 1 heterocycles. The molecule has 0 saturated carbocycles. The third kappa shape index (κ3) is 4.27. The number of piperidine rings is 1. The van der Waals surface area contributed by atoms with Gasteiger partial charge in [0.2, 0.25) is 5.91 Å². The molecule has 0 radical (unpaired) electrons. The largest absolute Gasteiger partial charge is 0.495 e. The second-order valence-electron chi connectivity index (χ2n) is 4.38. The molecule has 4 nitrogen and oxygen atoms in total. The van der Waals surface area contributed by atoms with Crippen molar-refractivity contribution in [3.05, 3.63) is 23.2 Å². The lowest BCUT2D eigenvalue weighted by Gasteiger charge is -2.22. The van der Waals surface area contributed by atoms with Gasteiger partial charge in [-0.15, -0.1) is 12.4 Å². The summed E-state index contributed by atoms with van der Waals surface area (Å²) in [6.45, 7) is 1.74. The van der Waals surface area contributed by atoms with E-state index in [1.807, 2.05) is 0 Å². The number of halogens is 2. The van der Waals surface area contributed by atoms with Crippen molar-refractivity contribution < 1.29 is 9.53 Å². The van der Waals surface area contributed by atoms with Crippen LogP contribution in [-0.4, -0.2) is 26.1 Å². The van der Waals surface area contributed by atoms with Crippen molar-refractivity contribution in [3.63, 3.8) is 0 Å². The average Bonchev–Trinajstić information content (AvgIpc) is 2.40. The lowest BCUT2D eigenvalue weighted by atomic mass is 9.99. The Morgan fingerprint density at radius 1 is 1.53 bits per heavy atom. The Kier molecular flexibility index (Phi) is 6.42. The van der Waals surface area contributed by atoms with E-state index in [9.17, 15) is 4.79 Å². The highest BCUT2D eigenvalue weighted by Crippen LogP contribution is 2.27. The molecule has 2 rings (SSSR count). The predicted molar refractivity (Wildman–Crippen MR) is 79.5 cm³/mol. The van der Waals surface area contributed by atoms with Crippen LogP contribution in [0.15, 0.2) is 18.2 Å². The average molecular weight is 305 g/mol. The molecular formula is C13H18Cl2N2O2. The number of carbonyl (C=O) groups excluding carboxylic acids is 1. The number of hydrogen-bond acceptors (Lipinski definition) is 3. The van der Waals surface area contributed by atoms with Crippen LogP contribution in [-0.2, 0) is 4.79 Å². The Hall–Kier alpha value is -0.970. The van der Waals surface area contributed by atoms with Crippen LogP contribution in [0.5, 0.6) is 5.75 Å². The first-order valence-electron chi connectivity index (χ1n) is 6.06. The van der Waals surface area contributed by atoms with E-state index in [1.54, 1.807) is 25.3 Å². The summed E-state index contributed by atoms with van der Waals surface area (Å²) in [4.78, 5) is 12.0. The number of nitrogens with one attached hydrogen (secondary N) is 2. The fraction of sp³-hybridized carbons (Fsp3) is 0.462. The van der Waals surface area contributed by atoms with Gasteiger partial charge in [0.05, 0.1) is 18.1 Å². The molecule has 0 unspecified atom stereocenters. The monoisotopic (exact) mass is 304 g/mol. The summed E-state index contributed by atoms with van der Waals surface area (Å²) in [6.07, 6.45) is 1.98. The van der Waals surface area contributed by atoms with E-state index < -0.39 is 0 Å². The first kappa shape index (κ1) is 16.1. The maximum Gasteiger partial charge on any atom is 0.228 e. The van der Waals surface area contributed by atoms with Gasteiger partial charge >= 0.3 is 0 Å². The highest BCUT2D eigenvalue weighted by atomic mass is 35.5. The fourth-order valence-corrected chi connectivity index (χ4v) is 2.32. The Bertz CT molecular complexity index is 435. The Morgan fingerprint density at radius 2 is 2.32 bits per heavy atom. The van der Waals surface area contributed by atoms with Gasteiger partial charge in [-0.05, 0) is 37.6 Å². The molecule has 1 aromatic carbocycles. The minimum atomic E-state index is 0. The second-order valence-corrected chi connectivity index (χ2v) is 4.79. The standard InChI is InChI=1S/C13H17ClN2O2.ClH/c1-18-12-5-4-10(7-11(12)14)16-13(17)9-3-2-6-15-8-9;/h4-5,7,9,15H,2-3,6,8H2,1H3,(H,16,17);1H/t9-;/m1./s1. The zero-order valence-electron chi connectivity index (χ0n) is 10.7. The third-order valence-corrected chi connectivity index (χ3v) is 3.38. The minimum absolute atomic E-state index is 0. The zero-order chi connectivity index (χ0) is 13.0. The van der Waals surface area contributed by atoms with Gasteiger partial charge in [0.25, 0.3) is 0 Å². The van der Waals surface area contributed by atoms with E-state index in [4.69, 9.17) is 16.3 Å². The molecule has 1 amide bonds. The maximum absolute atomic E-state index is 12.0. The molecule has 1 atom stereocenters. The van der Waals surface area contributed by atoms with E-state index in [-0.39, 0.29) is 24.2 Å². The van der Waals surface area contributed by atoms with Crippen LogP contribution in [0.4, 0.5) is 5.69 Å². The van der Waals surface area contributed by atoms with Crippen molar-refractivity contribution in [2.45, 2.75) is 12.8 Å². The Balaban J connectivity index is 0.00000180. The van der Waals surface area contributed by atoms with Gasteiger partial charge in [0.1, 0.15) is 5.75 Å². The lowest BCUT2D eigenvalue weighted by Crippen LogP contribution is -2.37. The highest BCUT2D eigenvalue weighted by molar-refractivity contribution is 6.32. The van der Waals surface area contributed by atoms with Crippen LogP contribution in [0, 0.1) is 5.92 Å². The first-order chi connectivity index (χ1) is 8.70. The number of benzene rings is 1. The van der Waals surface area contributed by atoms with Gasteiger partial charge in [-0.2, -0.15) is 0 Å². The molecule has 1 fully saturated rings. The molecule has 2 N–H and O–H groups in total. The smallest absolute Gasteiger partial charge is 0.228 e. The second kappa shape index (κ2) is 7.58. The third-order valence-electron chi connectivity index (χ3n) is 3.09. The van der Waals surface area contributed by atoms with Gasteiger partial charge < -0.3 is 15.4 Å². The number of carbonyl (C=O) groups is 1. The molecule has 6 heteroatoms. The maximum atomic E-state index is 12.0. The van der Waals surface area contributed by atoms with Crippen LogP contribution in [0.25, 0.3) is 0 Å². The lowest BCUT2D eigenvalue weighted by molar-refractivity contribution is -0.120. The Morgan fingerprint density at radius 3 is 2.89 bits per heavy atom. The van der Waals surface area contributed by atoms with Crippen LogP contribution < -0.4 is 15.4 Å². The SMILES string of the molecule is COc1ccc(NC(=O)[C@@H]2CCCNC2)cc1Cl.Cl. The van der Waals surface area contributed by atoms with Crippen molar-refractivity contribution in [2.24, 2.45) is 5.92 Å². The van der Waals surface area contributed by atoms with Crippen molar-refractivity contribution in [3.8, 4) is 5.75 Å². The molecule has 0 aromatic heterocycles. The summed E-state index contributed by atoms with van der Waals surface area (Å²) in [5, 5.41) is 6.61. The predicted octanol–water partition coefficient (Wildman–Crippen LogP) is 2.71. The van der Waals surface area contributed by atoms with E-state index in [0.29, 0.717) is 16.5 Å². The molecule has 1 aliphatic rings. The molecule has 1 saturated heterocycles. The van der Waals surface area contributed by atoms with Gasteiger partial charge in [0, 0.05) is 12.2 Å². The molecule has 1 aliphatic heterocycles. The van der Waals surface area contributed by atoms with Crippen molar-refractivity contribution >= 4 is 35.6 Å². The quantitative estimate of drug-likeness (QED) is 0.903. The van der Waals surface area contributed by atoms with Crippen LogP contribution in [0.1, 0.15) is 12.8 Å². The molecule has 106 valence electrons. The summed E-state index contributed by atoms with van der Waals surface area (Å²) in [6, 6.07) is 5.24. The summed E-state index contributed by atoms with van der Waals surface area (Å²) >= 11 is 6.01. The van der Waals surface area contributed by atoms with E-state index in [2.05, 4.69) is 10.6 Å². The highest BCUT2D eigenvalue weighted by Gasteiger charge is 2.20. The van der Waals surface area contributed by atoms with Gasteiger partial charge in [0.15, 0.2) is 0 Å². The van der Waals surface area contributed by atoms with Gasteiger partial charge in [-0.3, -0.25) is 4.79 Å². The Labute approximate surface area is 124 Å². The number of hydrogen-bond donors (Lipinski definition) is 2. The summed E-state index contributed by atoms with van der Waals surface area (Å²) in [5.41, 5.74) is 0.705. The van der Waals surface area contributed by atoms with Gasteiger partial charge in [-0.25, -0.2) is 0 Å². The van der Waals surface area contributed by atoms with Crippen LogP contribution >= 0.6 is 24.0 Å². The topological polar surface area (TPSA) is 50.4 Å². The minimum Gasteiger partial charge on any atom is -0.495 e. The molecule has 0 bridgehead atoms. The van der Waals surface area contributed by atoms with Crippen molar-refractivity contribution in [2.75, 3.05) is 25.5 Å². The van der Waals surface area contributed by atoms with Crippen molar-refractivity contribution in [1.82, 2.24) is 5.32 Å². The van der Waals surface area contributed by atoms with Gasteiger partial charge in [-0.1, -0.05) is 11.6 Å². The summed E-state index contributed by atoms with van der Waals surface area (Å²) < 4.78 is 5.07. The molecule has 0 aliphatic carbocycles. The van der Waals surface area contributed by atoms with Crippen LogP contribution in [0.2, 0.25) is 5.02 Å². The summed E-state index contributed by atoms with van der Waals surface area (Å²) in [7, 11) is 1.56. The van der Waals surface area contributed by atoms with E-state index in [1.165, 1.54) is 0 Å². The zero-order valence-corrected chi connectivity index (χ0v) is 12.3. The molecule has 19 heavy (non-hydrogen) atoms. The number of methoxy groups -OCH3 is 1. The van der Waals surface area contributed by atoms with Crippen molar-refractivity contribution in [1.29, 1.82) is 0 Å². The number of anilines is 1.